The van der Waals surface area contributed by atoms with Crippen LogP contribution in [-0.4, -0.2) is 31.2 Å². The molecule has 0 fully saturated rings. The molecule has 2 aromatic carbocycles. The van der Waals surface area contributed by atoms with Crippen molar-refractivity contribution in [2.24, 2.45) is 0 Å². The minimum absolute atomic E-state index is 0.179. The second kappa shape index (κ2) is 7.80. The lowest BCUT2D eigenvalue weighted by atomic mass is 9.96. The summed E-state index contributed by atoms with van der Waals surface area (Å²) in [4.78, 5) is 6.56. The number of rotatable bonds is 4. The van der Waals surface area contributed by atoms with Crippen molar-refractivity contribution in [2.75, 3.05) is 6.54 Å². The number of nitrogens with zero attached hydrogens (tertiary/aromatic N) is 5. The second-order valence-corrected chi connectivity index (χ2v) is 7.65. The molecule has 0 N–H and O–H groups in total. The summed E-state index contributed by atoms with van der Waals surface area (Å²) < 4.78 is 16.9. The van der Waals surface area contributed by atoms with Gasteiger partial charge in [-0.05, 0) is 30.2 Å². The van der Waals surface area contributed by atoms with Gasteiger partial charge in [0.25, 0.3) is 0 Å². The van der Waals surface area contributed by atoms with Crippen molar-refractivity contribution < 1.29 is 4.39 Å². The fourth-order valence-electron chi connectivity index (χ4n) is 4.21. The van der Waals surface area contributed by atoms with Gasteiger partial charge in [-0.3, -0.25) is 9.88 Å². The number of fused-ring (bicyclic) bond motifs is 1. The number of hydrogen-bond donors (Lipinski definition) is 0. The van der Waals surface area contributed by atoms with Crippen LogP contribution in [0.15, 0.2) is 73.1 Å². The van der Waals surface area contributed by atoms with Crippen LogP contribution in [0.5, 0.6) is 0 Å². The Labute approximate surface area is 174 Å². The van der Waals surface area contributed by atoms with E-state index in [1.165, 1.54) is 6.07 Å². The maximum atomic E-state index is 14.8. The third kappa shape index (κ3) is 3.39. The number of hydrogen-bond acceptors (Lipinski definition) is 4. The van der Waals surface area contributed by atoms with Crippen LogP contribution in [0.2, 0.25) is 0 Å². The smallest absolute Gasteiger partial charge is 0.165 e. The van der Waals surface area contributed by atoms with E-state index in [4.69, 9.17) is 0 Å². The molecule has 6 heteroatoms. The maximum absolute atomic E-state index is 14.8. The molecule has 0 amide bonds. The van der Waals surface area contributed by atoms with Crippen molar-refractivity contribution in [3.63, 3.8) is 0 Å². The Morgan fingerprint density at radius 2 is 1.73 bits per heavy atom. The van der Waals surface area contributed by atoms with E-state index in [0.29, 0.717) is 12.1 Å². The Morgan fingerprint density at radius 3 is 2.53 bits per heavy atom. The summed E-state index contributed by atoms with van der Waals surface area (Å²) in [5.74, 6) is 1.53. The molecule has 4 aromatic rings. The van der Waals surface area contributed by atoms with Crippen LogP contribution in [0.4, 0.5) is 4.39 Å². The predicted molar refractivity (Wildman–Crippen MR) is 113 cm³/mol. The minimum atomic E-state index is -0.190. The van der Waals surface area contributed by atoms with Gasteiger partial charge in [0.1, 0.15) is 11.6 Å². The summed E-state index contributed by atoms with van der Waals surface area (Å²) >= 11 is 0. The van der Waals surface area contributed by atoms with Gasteiger partial charge in [0.05, 0.1) is 12.6 Å². The largest absolute Gasteiger partial charge is 0.309 e. The number of aromatic nitrogens is 4. The summed E-state index contributed by atoms with van der Waals surface area (Å²) in [7, 11) is 0. The Balaban J connectivity index is 1.51. The van der Waals surface area contributed by atoms with Gasteiger partial charge in [-0.1, -0.05) is 48.5 Å². The summed E-state index contributed by atoms with van der Waals surface area (Å²) in [5, 5.41) is 8.89. The number of pyridine rings is 1. The lowest BCUT2D eigenvalue weighted by Gasteiger charge is -2.35. The highest BCUT2D eigenvalue weighted by atomic mass is 19.1. The molecule has 0 saturated carbocycles. The van der Waals surface area contributed by atoms with E-state index in [1.54, 1.807) is 6.07 Å². The molecule has 3 heterocycles. The molecule has 1 aliphatic rings. The SMILES string of the molecule is Cc1cncc(-c2nnc3n2CCN(C(c2ccccc2)c2ccccc2F)C3)c1. The van der Waals surface area contributed by atoms with Crippen LogP contribution in [-0.2, 0) is 13.1 Å². The quantitative estimate of drug-likeness (QED) is 0.511. The highest BCUT2D eigenvalue weighted by molar-refractivity contribution is 5.55. The van der Waals surface area contributed by atoms with Gasteiger partial charge in [-0.25, -0.2) is 4.39 Å². The molecule has 150 valence electrons. The first-order chi connectivity index (χ1) is 14.7. The normalized spacial score (nSPS) is 15.0. The summed E-state index contributed by atoms with van der Waals surface area (Å²) in [5.41, 5.74) is 3.81. The van der Waals surface area contributed by atoms with E-state index in [0.717, 1.165) is 41.4 Å². The number of benzene rings is 2. The monoisotopic (exact) mass is 399 g/mol. The fraction of sp³-hybridized carbons (Fsp3) is 0.208. The molecule has 1 atom stereocenters. The average molecular weight is 399 g/mol. The van der Waals surface area contributed by atoms with Crippen molar-refractivity contribution in [2.45, 2.75) is 26.1 Å². The predicted octanol–water partition coefficient (Wildman–Crippen LogP) is 4.39. The third-order valence-corrected chi connectivity index (χ3v) is 5.60. The molecule has 0 spiro atoms. The topological polar surface area (TPSA) is 46.8 Å². The van der Waals surface area contributed by atoms with E-state index in [1.807, 2.05) is 49.6 Å². The zero-order valence-corrected chi connectivity index (χ0v) is 16.7. The lowest BCUT2D eigenvalue weighted by Crippen LogP contribution is -2.37. The number of aryl methyl sites for hydroxylation is 1. The van der Waals surface area contributed by atoms with Gasteiger partial charge < -0.3 is 4.57 Å². The first kappa shape index (κ1) is 18.6. The summed E-state index contributed by atoms with van der Waals surface area (Å²) in [6, 6.07) is 19.0. The van der Waals surface area contributed by atoms with E-state index in [2.05, 4.69) is 42.8 Å². The minimum Gasteiger partial charge on any atom is -0.309 e. The van der Waals surface area contributed by atoms with Gasteiger partial charge in [0.2, 0.25) is 0 Å². The van der Waals surface area contributed by atoms with E-state index < -0.39 is 0 Å². The number of halogens is 1. The Morgan fingerprint density at radius 1 is 0.933 bits per heavy atom. The Bertz CT molecular complexity index is 1170. The van der Waals surface area contributed by atoms with Crippen molar-refractivity contribution in [1.82, 2.24) is 24.6 Å². The molecular weight excluding hydrogens is 377 g/mol. The molecule has 1 unspecified atom stereocenters. The molecule has 0 bridgehead atoms. The average Bonchev–Trinajstić information content (AvgIpc) is 3.19. The molecular formula is C24H22FN5. The Kier molecular flexibility index (Phi) is 4.85. The summed E-state index contributed by atoms with van der Waals surface area (Å²) in [6.45, 7) is 4.12. The molecule has 5 nitrogen and oxygen atoms in total. The van der Waals surface area contributed by atoms with Gasteiger partial charge in [0.15, 0.2) is 5.82 Å². The van der Waals surface area contributed by atoms with E-state index in [-0.39, 0.29) is 11.9 Å². The zero-order chi connectivity index (χ0) is 20.5. The van der Waals surface area contributed by atoms with Gasteiger partial charge in [-0.2, -0.15) is 0 Å². The van der Waals surface area contributed by atoms with Crippen molar-refractivity contribution in [3.8, 4) is 11.4 Å². The highest BCUT2D eigenvalue weighted by Gasteiger charge is 2.30. The van der Waals surface area contributed by atoms with Crippen molar-refractivity contribution in [1.29, 1.82) is 0 Å². The molecule has 30 heavy (non-hydrogen) atoms. The van der Waals surface area contributed by atoms with Gasteiger partial charge >= 0.3 is 0 Å². The standard InChI is InChI=1S/C24H22FN5/c1-17-13-19(15-26-14-17)24-28-27-22-16-29(11-12-30(22)24)23(18-7-3-2-4-8-18)20-9-5-6-10-21(20)25/h2-10,13-15,23H,11-12,16H2,1H3. The van der Waals surface area contributed by atoms with Crippen molar-refractivity contribution in [3.05, 3.63) is 101 Å². The zero-order valence-electron chi connectivity index (χ0n) is 16.7. The van der Waals surface area contributed by atoms with Crippen LogP contribution >= 0.6 is 0 Å². The third-order valence-electron chi connectivity index (χ3n) is 5.60. The van der Waals surface area contributed by atoms with Gasteiger partial charge in [-0.15, -0.1) is 10.2 Å². The lowest BCUT2D eigenvalue weighted by molar-refractivity contribution is 0.173. The van der Waals surface area contributed by atoms with E-state index in [9.17, 15) is 4.39 Å². The molecule has 0 aliphatic carbocycles. The molecule has 5 rings (SSSR count). The maximum Gasteiger partial charge on any atom is 0.165 e. The van der Waals surface area contributed by atoms with Crippen LogP contribution in [0.25, 0.3) is 11.4 Å². The van der Waals surface area contributed by atoms with Gasteiger partial charge in [0, 0.05) is 36.6 Å². The highest BCUT2D eigenvalue weighted by Crippen LogP contribution is 2.33. The van der Waals surface area contributed by atoms with Crippen molar-refractivity contribution >= 4 is 0 Å². The summed E-state index contributed by atoms with van der Waals surface area (Å²) in [6.07, 6.45) is 3.65. The Hall–Kier alpha value is -3.38. The van der Waals surface area contributed by atoms with E-state index >= 15 is 0 Å². The van der Waals surface area contributed by atoms with Crippen LogP contribution < -0.4 is 0 Å². The first-order valence-corrected chi connectivity index (χ1v) is 10.1. The second-order valence-electron chi connectivity index (χ2n) is 7.65. The first-order valence-electron chi connectivity index (χ1n) is 10.1. The van der Waals surface area contributed by atoms with Crippen LogP contribution in [0.1, 0.15) is 28.6 Å². The van der Waals surface area contributed by atoms with Crippen LogP contribution in [0.3, 0.4) is 0 Å². The molecule has 0 saturated heterocycles. The fourth-order valence-corrected chi connectivity index (χ4v) is 4.21. The molecule has 2 aromatic heterocycles. The molecule has 1 aliphatic heterocycles. The van der Waals surface area contributed by atoms with Crippen LogP contribution in [0, 0.1) is 12.7 Å². The molecule has 0 radical (unpaired) electrons.